The molecule has 0 unspecified atom stereocenters. The third-order valence-corrected chi connectivity index (χ3v) is 2.91. The number of aryl methyl sites for hydroxylation is 1. The lowest BCUT2D eigenvalue weighted by atomic mass is 10.2. The summed E-state index contributed by atoms with van der Waals surface area (Å²) >= 11 is 0. The van der Waals surface area contributed by atoms with Crippen LogP contribution in [0.1, 0.15) is 12.0 Å². The van der Waals surface area contributed by atoms with Gasteiger partial charge in [-0.15, -0.1) is 0 Å². The van der Waals surface area contributed by atoms with Gasteiger partial charge in [-0.25, -0.2) is 0 Å². The van der Waals surface area contributed by atoms with Gasteiger partial charge in [-0.2, -0.15) is 0 Å². The number of nitrogens with one attached hydrogen (secondary N) is 1. The van der Waals surface area contributed by atoms with Crippen molar-refractivity contribution in [3.63, 3.8) is 0 Å². The van der Waals surface area contributed by atoms with Gasteiger partial charge < -0.3 is 9.64 Å². The molecule has 1 N–H and O–H groups in total. The van der Waals surface area contributed by atoms with Crippen molar-refractivity contribution in [3.05, 3.63) is 29.8 Å². The van der Waals surface area contributed by atoms with E-state index in [0.29, 0.717) is 5.75 Å². The molecule has 1 aromatic carbocycles. The molecule has 6 heteroatoms. The molecule has 0 aromatic heterocycles. The van der Waals surface area contributed by atoms with Crippen LogP contribution in [-0.2, 0) is 14.4 Å². The van der Waals surface area contributed by atoms with E-state index in [1.165, 1.54) is 4.90 Å². The van der Waals surface area contributed by atoms with Crippen molar-refractivity contribution in [2.75, 3.05) is 19.7 Å². The van der Waals surface area contributed by atoms with Gasteiger partial charge in [0.1, 0.15) is 18.8 Å². The number of nitrogens with zero attached hydrogens (tertiary/aromatic N) is 1. The average Bonchev–Trinajstić information content (AvgIpc) is 2.40. The van der Waals surface area contributed by atoms with Gasteiger partial charge in [-0.3, -0.25) is 19.7 Å². The molecular formula is C14H16N2O4. The minimum atomic E-state index is -0.450. The molecule has 106 valence electrons. The Morgan fingerprint density at radius 3 is 2.40 bits per heavy atom. The highest BCUT2D eigenvalue weighted by molar-refractivity contribution is 6.02. The Morgan fingerprint density at radius 2 is 1.80 bits per heavy atom. The number of amides is 3. The summed E-state index contributed by atoms with van der Waals surface area (Å²) in [4.78, 5) is 35.4. The quantitative estimate of drug-likeness (QED) is 0.800. The highest BCUT2D eigenvalue weighted by atomic mass is 16.5. The van der Waals surface area contributed by atoms with Crippen LogP contribution < -0.4 is 10.1 Å². The van der Waals surface area contributed by atoms with E-state index in [1.54, 1.807) is 0 Å². The van der Waals surface area contributed by atoms with Crippen LogP contribution in [0, 0.1) is 6.92 Å². The van der Waals surface area contributed by atoms with Crippen LogP contribution in [-0.4, -0.2) is 42.3 Å². The van der Waals surface area contributed by atoms with Crippen molar-refractivity contribution in [2.45, 2.75) is 13.3 Å². The maximum absolute atomic E-state index is 11.8. The van der Waals surface area contributed by atoms with Crippen molar-refractivity contribution in [1.29, 1.82) is 0 Å². The second-order valence-corrected chi connectivity index (χ2v) is 4.63. The number of imide groups is 1. The van der Waals surface area contributed by atoms with Crippen LogP contribution in [0.5, 0.6) is 5.75 Å². The Bertz CT molecular complexity index is 508. The molecule has 0 atom stereocenters. The molecule has 1 aliphatic rings. The summed E-state index contributed by atoms with van der Waals surface area (Å²) in [5, 5.41) is 2.15. The lowest BCUT2D eigenvalue weighted by Crippen LogP contribution is -2.53. The van der Waals surface area contributed by atoms with Crippen molar-refractivity contribution in [2.24, 2.45) is 0 Å². The molecule has 20 heavy (non-hydrogen) atoms. The predicted octanol–water partition coefficient (Wildman–Crippen LogP) is 0.249. The van der Waals surface area contributed by atoms with Gasteiger partial charge >= 0.3 is 0 Å². The summed E-state index contributed by atoms with van der Waals surface area (Å²) in [5.74, 6) is -0.473. The summed E-state index contributed by atoms with van der Waals surface area (Å²) < 4.78 is 5.44. The summed E-state index contributed by atoms with van der Waals surface area (Å²) in [7, 11) is 0. The third-order valence-electron chi connectivity index (χ3n) is 2.91. The Balaban J connectivity index is 1.78. The number of ether oxygens (including phenoxy) is 1. The van der Waals surface area contributed by atoms with Gasteiger partial charge in [0.15, 0.2) is 0 Å². The van der Waals surface area contributed by atoms with Crippen LogP contribution in [0.2, 0.25) is 0 Å². The third kappa shape index (κ3) is 3.81. The maximum Gasteiger partial charge on any atom is 0.246 e. The topological polar surface area (TPSA) is 75.7 Å². The number of hydrogen-bond acceptors (Lipinski definition) is 4. The smallest absolute Gasteiger partial charge is 0.246 e. The minimum absolute atomic E-state index is 0.0743. The van der Waals surface area contributed by atoms with E-state index in [0.717, 1.165) is 5.56 Å². The number of rotatable bonds is 4. The number of hydrogen-bond donors (Lipinski definition) is 1. The molecule has 0 bridgehead atoms. The molecule has 1 aliphatic heterocycles. The first-order valence-electron chi connectivity index (χ1n) is 6.34. The van der Waals surface area contributed by atoms with Crippen LogP contribution in [0.4, 0.5) is 0 Å². The summed E-state index contributed by atoms with van der Waals surface area (Å²) in [6, 6.07) is 7.50. The van der Waals surface area contributed by atoms with Crippen LogP contribution in [0.25, 0.3) is 0 Å². The van der Waals surface area contributed by atoms with Crippen molar-refractivity contribution in [1.82, 2.24) is 10.2 Å². The lowest BCUT2D eigenvalue weighted by Gasteiger charge is -2.25. The minimum Gasteiger partial charge on any atom is -0.493 e. The van der Waals surface area contributed by atoms with Gasteiger partial charge in [0, 0.05) is 0 Å². The zero-order valence-electron chi connectivity index (χ0n) is 11.2. The van der Waals surface area contributed by atoms with Crippen LogP contribution in [0.3, 0.4) is 0 Å². The van der Waals surface area contributed by atoms with E-state index in [2.05, 4.69) is 5.32 Å². The lowest BCUT2D eigenvalue weighted by molar-refractivity contribution is -0.145. The SMILES string of the molecule is Cc1ccc(OCCC(=O)N2CC(=O)NC(=O)C2)cc1. The second kappa shape index (κ2) is 6.18. The van der Waals surface area contributed by atoms with E-state index in [9.17, 15) is 14.4 Å². The normalized spacial score (nSPS) is 14.9. The van der Waals surface area contributed by atoms with Gasteiger partial charge in [0.25, 0.3) is 0 Å². The molecule has 1 aromatic rings. The van der Waals surface area contributed by atoms with Crippen molar-refractivity contribution < 1.29 is 19.1 Å². The van der Waals surface area contributed by atoms with Crippen molar-refractivity contribution in [3.8, 4) is 5.75 Å². The molecular weight excluding hydrogens is 260 g/mol. The van der Waals surface area contributed by atoms with Crippen LogP contribution >= 0.6 is 0 Å². The Morgan fingerprint density at radius 1 is 1.20 bits per heavy atom. The van der Waals surface area contributed by atoms with Gasteiger partial charge in [-0.05, 0) is 19.1 Å². The number of piperazine rings is 1. The molecule has 0 saturated carbocycles. The number of carbonyl (C=O) groups is 3. The van der Waals surface area contributed by atoms with Gasteiger partial charge in [-0.1, -0.05) is 17.7 Å². The molecule has 1 saturated heterocycles. The van der Waals surface area contributed by atoms with E-state index >= 15 is 0 Å². The molecule has 1 heterocycles. The van der Waals surface area contributed by atoms with E-state index in [4.69, 9.17) is 4.74 Å². The summed E-state index contributed by atoms with van der Waals surface area (Å²) in [5.41, 5.74) is 1.13. The highest BCUT2D eigenvalue weighted by Crippen LogP contribution is 2.11. The summed E-state index contributed by atoms with van der Waals surface area (Å²) in [6.45, 7) is 2.05. The predicted molar refractivity (Wildman–Crippen MR) is 71.0 cm³/mol. The van der Waals surface area contributed by atoms with E-state index in [-0.39, 0.29) is 32.0 Å². The van der Waals surface area contributed by atoms with E-state index in [1.807, 2.05) is 31.2 Å². The fraction of sp³-hybridized carbons (Fsp3) is 0.357. The Hall–Kier alpha value is -2.37. The van der Waals surface area contributed by atoms with Gasteiger partial charge in [0.2, 0.25) is 17.7 Å². The molecule has 3 amide bonds. The molecule has 0 aliphatic carbocycles. The largest absolute Gasteiger partial charge is 0.493 e. The first-order valence-corrected chi connectivity index (χ1v) is 6.34. The standard InChI is InChI=1S/C14H16N2O4/c1-10-2-4-11(5-3-10)20-7-6-14(19)16-8-12(17)15-13(18)9-16/h2-5H,6-9H2,1H3,(H,15,17,18). The molecule has 6 nitrogen and oxygen atoms in total. The zero-order valence-corrected chi connectivity index (χ0v) is 11.2. The Kier molecular flexibility index (Phi) is 4.34. The molecule has 2 rings (SSSR count). The van der Waals surface area contributed by atoms with Crippen LogP contribution in [0.15, 0.2) is 24.3 Å². The highest BCUT2D eigenvalue weighted by Gasteiger charge is 2.25. The number of carbonyl (C=O) groups excluding carboxylic acids is 3. The first kappa shape index (κ1) is 14.0. The summed E-state index contributed by atoms with van der Waals surface area (Å²) in [6.07, 6.45) is 0.133. The molecule has 1 fully saturated rings. The fourth-order valence-electron chi connectivity index (χ4n) is 1.86. The molecule has 0 radical (unpaired) electrons. The van der Waals surface area contributed by atoms with Gasteiger partial charge in [0.05, 0.1) is 13.0 Å². The fourth-order valence-corrected chi connectivity index (χ4v) is 1.86. The Labute approximate surface area is 116 Å². The first-order chi connectivity index (χ1) is 9.54. The monoisotopic (exact) mass is 276 g/mol. The van der Waals surface area contributed by atoms with Crippen molar-refractivity contribution >= 4 is 17.7 Å². The molecule has 0 spiro atoms. The zero-order chi connectivity index (χ0) is 14.5. The maximum atomic E-state index is 11.8. The second-order valence-electron chi connectivity index (χ2n) is 4.63. The number of benzene rings is 1. The van der Waals surface area contributed by atoms with E-state index < -0.39 is 11.8 Å². The average molecular weight is 276 g/mol.